The van der Waals surface area contributed by atoms with Gasteiger partial charge in [-0.05, 0) is 22.5 Å². The summed E-state index contributed by atoms with van der Waals surface area (Å²) in [6.07, 6.45) is 0. The molecule has 0 bridgehead atoms. The lowest BCUT2D eigenvalue weighted by Crippen LogP contribution is -2.27. The Kier molecular flexibility index (Phi) is 2.88. The molecule has 0 aromatic heterocycles. The van der Waals surface area contributed by atoms with E-state index in [4.69, 9.17) is 5.73 Å². The smallest absolute Gasteiger partial charge is 0.224 e. The molecule has 18 heavy (non-hydrogen) atoms. The first-order chi connectivity index (χ1) is 8.28. The van der Waals surface area contributed by atoms with Crippen molar-refractivity contribution in [3.8, 4) is 0 Å². The third kappa shape index (κ3) is 1.88. The van der Waals surface area contributed by atoms with Gasteiger partial charge in [0.25, 0.3) is 0 Å². The van der Waals surface area contributed by atoms with Crippen LogP contribution in [0.3, 0.4) is 0 Å². The van der Waals surface area contributed by atoms with Gasteiger partial charge in [0, 0.05) is 18.2 Å². The first-order valence-corrected chi connectivity index (χ1v) is 6.39. The van der Waals surface area contributed by atoms with Crippen LogP contribution in [0.2, 0.25) is 0 Å². The van der Waals surface area contributed by atoms with Gasteiger partial charge >= 0.3 is 0 Å². The number of nitrogens with two attached hydrogens (primary N) is 1. The van der Waals surface area contributed by atoms with Crippen molar-refractivity contribution in [1.82, 2.24) is 5.32 Å². The van der Waals surface area contributed by atoms with Gasteiger partial charge in [0.1, 0.15) is 0 Å². The highest BCUT2D eigenvalue weighted by atomic mass is 16.2. The van der Waals surface area contributed by atoms with Crippen molar-refractivity contribution < 1.29 is 4.79 Å². The van der Waals surface area contributed by atoms with E-state index in [1.54, 1.807) is 0 Å². The summed E-state index contributed by atoms with van der Waals surface area (Å²) >= 11 is 0. The standard InChI is InChI=1S/C15H22N2O/c1-14(2)12(15(14,3)4)13(18)17-9-10-7-5-6-8-11(10)16/h5-8,12H,9,16H2,1-4H3,(H,17,18). The van der Waals surface area contributed by atoms with Gasteiger partial charge in [-0.15, -0.1) is 0 Å². The molecule has 0 spiro atoms. The van der Waals surface area contributed by atoms with Crippen molar-refractivity contribution in [1.29, 1.82) is 0 Å². The van der Waals surface area contributed by atoms with Gasteiger partial charge in [0.15, 0.2) is 0 Å². The Bertz CT molecular complexity index is 463. The number of para-hydroxylation sites is 1. The van der Waals surface area contributed by atoms with Gasteiger partial charge in [-0.25, -0.2) is 0 Å². The van der Waals surface area contributed by atoms with Crippen molar-refractivity contribution in [3.05, 3.63) is 29.8 Å². The topological polar surface area (TPSA) is 55.1 Å². The van der Waals surface area contributed by atoms with E-state index in [-0.39, 0.29) is 22.7 Å². The third-order valence-electron chi connectivity index (χ3n) is 4.79. The second kappa shape index (κ2) is 4.01. The molecule has 1 aromatic rings. The zero-order chi connectivity index (χ0) is 13.6. The molecule has 3 nitrogen and oxygen atoms in total. The third-order valence-corrected chi connectivity index (χ3v) is 4.79. The normalized spacial score (nSPS) is 20.4. The molecule has 1 fully saturated rings. The lowest BCUT2D eigenvalue weighted by Gasteiger charge is -2.08. The Morgan fingerprint density at radius 3 is 2.28 bits per heavy atom. The summed E-state index contributed by atoms with van der Waals surface area (Å²) in [5.41, 5.74) is 7.72. The quantitative estimate of drug-likeness (QED) is 0.805. The number of amides is 1. The average Bonchev–Trinajstić information content (AvgIpc) is 2.68. The molecule has 2 rings (SSSR count). The van der Waals surface area contributed by atoms with Gasteiger partial charge in [0.2, 0.25) is 5.91 Å². The number of carbonyl (C=O) groups excluding carboxylic acids is 1. The molecule has 0 radical (unpaired) electrons. The van der Waals surface area contributed by atoms with E-state index in [1.165, 1.54) is 0 Å². The maximum absolute atomic E-state index is 12.2. The number of rotatable bonds is 3. The minimum atomic E-state index is 0.0827. The Morgan fingerprint density at radius 2 is 1.78 bits per heavy atom. The summed E-state index contributed by atoms with van der Waals surface area (Å²) < 4.78 is 0. The second-order valence-electron chi connectivity index (χ2n) is 6.29. The summed E-state index contributed by atoms with van der Waals surface area (Å²) in [4.78, 5) is 12.2. The van der Waals surface area contributed by atoms with Gasteiger partial charge in [-0.3, -0.25) is 4.79 Å². The number of benzene rings is 1. The van der Waals surface area contributed by atoms with Gasteiger partial charge < -0.3 is 11.1 Å². The van der Waals surface area contributed by atoms with Crippen LogP contribution < -0.4 is 11.1 Å². The SMILES string of the molecule is CC1(C)C(C(=O)NCc2ccccc2N)C1(C)C. The highest BCUT2D eigenvalue weighted by Gasteiger charge is 2.68. The average molecular weight is 246 g/mol. The van der Waals surface area contributed by atoms with Crippen LogP contribution in [-0.2, 0) is 11.3 Å². The number of nitrogens with one attached hydrogen (secondary N) is 1. The number of carbonyl (C=O) groups is 1. The first-order valence-electron chi connectivity index (χ1n) is 6.39. The maximum Gasteiger partial charge on any atom is 0.224 e. The molecule has 1 aromatic carbocycles. The molecule has 0 atom stereocenters. The second-order valence-corrected chi connectivity index (χ2v) is 6.29. The highest BCUT2D eigenvalue weighted by molar-refractivity contribution is 5.84. The Hall–Kier alpha value is -1.51. The summed E-state index contributed by atoms with van der Waals surface area (Å²) in [5.74, 6) is 0.225. The molecule has 3 N–H and O–H groups in total. The molecule has 0 heterocycles. The highest BCUT2D eigenvalue weighted by Crippen LogP contribution is 2.68. The summed E-state index contributed by atoms with van der Waals surface area (Å²) in [5, 5.41) is 2.99. The van der Waals surface area contributed by atoms with Gasteiger partial charge in [-0.1, -0.05) is 45.9 Å². The van der Waals surface area contributed by atoms with Crippen LogP contribution in [0.1, 0.15) is 33.3 Å². The molecular formula is C15H22N2O. The molecule has 0 unspecified atom stereocenters. The molecule has 1 saturated carbocycles. The summed E-state index contributed by atoms with van der Waals surface area (Å²) in [7, 11) is 0. The van der Waals surface area contributed by atoms with Gasteiger partial charge in [-0.2, -0.15) is 0 Å². The molecule has 1 aliphatic carbocycles. The van der Waals surface area contributed by atoms with Crippen molar-refractivity contribution in [2.24, 2.45) is 16.7 Å². The zero-order valence-electron chi connectivity index (χ0n) is 11.6. The van der Waals surface area contributed by atoms with Gasteiger partial charge in [0.05, 0.1) is 0 Å². The monoisotopic (exact) mass is 246 g/mol. The molecule has 0 saturated heterocycles. The van der Waals surface area contributed by atoms with Crippen LogP contribution in [0.5, 0.6) is 0 Å². The lowest BCUT2D eigenvalue weighted by molar-refractivity contribution is -0.123. The molecule has 1 amide bonds. The van der Waals surface area contributed by atoms with E-state index in [1.807, 2.05) is 24.3 Å². The largest absolute Gasteiger partial charge is 0.398 e. The van der Waals surface area contributed by atoms with Crippen molar-refractivity contribution in [2.75, 3.05) is 5.73 Å². The lowest BCUT2D eigenvalue weighted by atomic mass is 10.0. The predicted octanol–water partition coefficient (Wildman–Crippen LogP) is 2.57. The predicted molar refractivity (Wildman–Crippen MR) is 73.8 cm³/mol. The Morgan fingerprint density at radius 1 is 1.22 bits per heavy atom. The van der Waals surface area contributed by atoms with Crippen molar-refractivity contribution >= 4 is 11.6 Å². The van der Waals surface area contributed by atoms with E-state index in [0.29, 0.717) is 6.54 Å². The Labute approximate surface area is 109 Å². The first kappa shape index (κ1) is 12.9. The fourth-order valence-corrected chi connectivity index (χ4v) is 2.83. The minimum Gasteiger partial charge on any atom is -0.398 e. The molecule has 0 aliphatic heterocycles. The van der Waals surface area contributed by atoms with Crippen LogP contribution in [0.15, 0.2) is 24.3 Å². The van der Waals surface area contributed by atoms with Crippen LogP contribution >= 0.6 is 0 Å². The van der Waals surface area contributed by atoms with E-state index in [2.05, 4.69) is 33.0 Å². The number of hydrogen-bond donors (Lipinski definition) is 2. The van der Waals surface area contributed by atoms with E-state index in [9.17, 15) is 4.79 Å². The fourth-order valence-electron chi connectivity index (χ4n) is 2.83. The molecule has 3 heteroatoms. The Balaban J connectivity index is 1.97. The van der Waals surface area contributed by atoms with E-state index >= 15 is 0 Å². The maximum atomic E-state index is 12.2. The summed E-state index contributed by atoms with van der Waals surface area (Å²) in [6.45, 7) is 9.10. The van der Waals surface area contributed by atoms with E-state index < -0.39 is 0 Å². The van der Waals surface area contributed by atoms with Crippen LogP contribution in [-0.4, -0.2) is 5.91 Å². The van der Waals surface area contributed by atoms with E-state index in [0.717, 1.165) is 11.3 Å². The van der Waals surface area contributed by atoms with Crippen molar-refractivity contribution in [3.63, 3.8) is 0 Å². The fraction of sp³-hybridized carbons (Fsp3) is 0.533. The zero-order valence-corrected chi connectivity index (χ0v) is 11.6. The number of nitrogen functional groups attached to an aromatic ring is 1. The van der Waals surface area contributed by atoms with Crippen LogP contribution in [0.25, 0.3) is 0 Å². The van der Waals surface area contributed by atoms with Crippen LogP contribution in [0.4, 0.5) is 5.69 Å². The van der Waals surface area contributed by atoms with Crippen molar-refractivity contribution in [2.45, 2.75) is 34.2 Å². The molecule has 1 aliphatic rings. The molecular weight excluding hydrogens is 224 g/mol. The minimum absolute atomic E-state index is 0.0827. The number of hydrogen-bond acceptors (Lipinski definition) is 2. The number of anilines is 1. The van der Waals surface area contributed by atoms with Crippen LogP contribution in [0, 0.1) is 16.7 Å². The summed E-state index contributed by atoms with van der Waals surface area (Å²) in [6, 6.07) is 7.63. The molecule has 98 valence electrons.